The van der Waals surface area contributed by atoms with E-state index >= 15 is 0 Å². The number of halogens is 2. The van der Waals surface area contributed by atoms with E-state index in [1.165, 1.54) is 5.56 Å². The van der Waals surface area contributed by atoms with Gasteiger partial charge in [0.05, 0.1) is 0 Å². The van der Waals surface area contributed by atoms with Crippen molar-refractivity contribution in [1.29, 1.82) is 0 Å². The molecule has 84 valence electrons. The van der Waals surface area contributed by atoms with Crippen LogP contribution in [-0.2, 0) is 0 Å². The lowest BCUT2D eigenvalue weighted by Gasteiger charge is -2.08. The van der Waals surface area contributed by atoms with E-state index in [9.17, 15) is 0 Å². The Kier molecular flexibility index (Phi) is 3.79. The van der Waals surface area contributed by atoms with Crippen LogP contribution in [0, 0.1) is 0 Å². The van der Waals surface area contributed by atoms with Gasteiger partial charge >= 0.3 is 0 Å². The van der Waals surface area contributed by atoms with Crippen molar-refractivity contribution in [3.05, 3.63) is 46.2 Å². The van der Waals surface area contributed by atoms with Crippen molar-refractivity contribution in [3.8, 4) is 0 Å². The molecule has 1 atom stereocenters. The van der Waals surface area contributed by atoms with Crippen molar-refractivity contribution in [3.63, 3.8) is 0 Å². The topological polar surface area (TPSA) is 28.7 Å². The summed E-state index contributed by atoms with van der Waals surface area (Å²) in [7, 11) is 0. The molecule has 0 bridgehead atoms. The third-order valence-electron chi connectivity index (χ3n) is 2.15. The van der Waals surface area contributed by atoms with Crippen molar-refractivity contribution >= 4 is 35.0 Å². The second-order valence-corrected chi connectivity index (χ2v) is 5.38. The van der Waals surface area contributed by atoms with E-state index in [1.54, 1.807) is 11.8 Å². The summed E-state index contributed by atoms with van der Waals surface area (Å²) in [5.41, 5.74) is 1.25. The van der Waals surface area contributed by atoms with Gasteiger partial charge < -0.3 is 4.98 Å². The molecule has 0 saturated heterocycles. The van der Waals surface area contributed by atoms with E-state index < -0.39 is 0 Å². The highest BCUT2D eigenvalue weighted by Crippen LogP contribution is 2.34. The summed E-state index contributed by atoms with van der Waals surface area (Å²) >= 11 is 13.2. The maximum absolute atomic E-state index is 5.80. The summed E-state index contributed by atoms with van der Waals surface area (Å²) in [4.78, 5) is 7.05. The molecule has 1 unspecified atom stereocenters. The molecule has 0 aliphatic rings. The van der Waals surface area contributed by atoms with Crippen molar-refractivity contribution in [1.82, 2.24) is 9.97 Å². The van der Waals surface area contributed by atoms with Crippen LogP contribution in [-0.4, -0.2) is 9.97 Å². The first-order valence-corrected chi connectivity index (χ1v) is 6.43. The molecule has 0 fully saturated rings. The first-order valence-electron chi connectivity index (χ1n) is 4.79. The van der Waals surface area contributed by atoms with Gasteiger partial charge in [-0.25, -0.2) is 4.98 Å². The van der Waals surface area contributed by atoms with E-state index in [2.05, 4.69) is 29.0 Å². The highest BCUT2D eigenvalue weighted by atomic mass is 35.5. The standard InChI is InChI=1S/C11H10Cl2N2S/c1-7(8-5-3-2-4-6-8)16-11-14-9(12)10(13)15-11/h2-7H,1H3,(H,14,15). The Morgan fingerprint density at radius 3 is 2.50 bits per heavy atom. The molecule has 2 aromatic rings. The van der Waals surface area contributed by atoms with Crippen LogP contribution in [0.25, 0.3) is 0 Å². The lowest BCUT2D eigenvalue weighted by Crippen LogP contribution is -1.88. The average molecular weight is 273 g/mol. The van der Waals surface area contributed by atoms with Gasteiger partial charge in [0.15, 0.2) is 10.3 Å². The first kappa shape index (κ1) is 11.8. The molecular formula is C11H10Cl2N2S. The second kappa shape index (κ2) is 5.13. The van der Waals surface area contributed by atoms with Gasteiger partial charge in [-0.15, -0.1) is 0 Å². The van der Waals surface area contributed by atoms with Gasteiger partial charge in [-0.1, -0.05) is 65.3 Å². The summed E-state index contributed by atoms with van der Waals surface area (Å²) in [6.45, 7) is 2.12. The van der Waals surface area contributed by atoms with E-state index in [-0.39, 0.29) is 0 Å². The van der Waals surface area contributed by atoms with E-state index in [0.717, 1.165) is 5.16 Å². The number of hydrogen-bond acceptors (Lipinski definition) is 2. The maximum Gasteiger partial charge on any atom is 0.168 e. The number of imidazole rings is 1. The Bertz CT molecular complexity index is 451. The van der Waals surface area contributed by atoms with Gasteiger partial charge in [-0.2, -0.15) is 0 Å². The number of rotatable bonds is 3. The molecule has 16 heavy (non-hydrogen) atoms. The number of aromatic nitrogens is 2. The number of aromatic amines is 1. The summed E-state index contributed by atoms with van der Waals surface area (Å²) < 4.78 is 0. The zero-order valence-electron chi connectivity index (χ0n) is 8.58. The molecule has 2 nitrogen and oxygen atoms in total. The summed E-state index contributed by atoms with van der Waals surface area (Å²) in [6, 6.07) is 10.2. The highest BCUT2D eigenvalue weighted by molar-refractivity contribution is 7.99. The Morgan fingerprint density at radius 2 is 1.94 bits per heavy atom. The van der Waals surface area contributed by atoms with Crippen LogP contribution in [0.1, 0.15) is 17.7 Å². The van der Waals surface area contributed by atoms with E-state index in [1.807, 2.05) is 18.2 Å². The second-order valence-electron chi connectivity index (χ2n) is 3.32. The fraction of sp³-hybridized carbons (Fsp3) is 0.182. The molecular weight excluding hydrogens is 263 g/mol. The Labute approximate surface area is 108 Å². The molecule has 1 heterocycles. The third kappa shape index (κ3) is 2.73. The molecule has 0 saturated carbocycles. The minimum atomic E-state index is 0.305. The van der Waals surface area contributed by atoms with Crippen molar-refractivity contribution in [2.24, 2.45) is 0 Å². The normalized spacial score (nSPS) is 12.7. The monoisotopic (exact) mass is 272 g/mol. The van der Waals surface area contributed by atoms with E-state index in [4.69, 9.17) is 23.2 Å². The predicted octanol–water partition coefficient (Wildman–Crippen LogP) is 4.57. The maximum atomic E-state index is 5.80. The lowest BCUT2D eigenvalue weighted by atomic mass is 10.2. The van der Waals surface area contributed by atoms with Crippen LogP contribution >= 0.6 is 35.0 Å². The van der Waals surface area contributed by atoms with Crippen LogP contribution in [0.4, 0.5) is 0 Å². The van der Waals surface area contributed by atoms with Crippen molar-refractivity contribution in [2.75, 3.05) is 0 Å². The zero-order valence-corrected chi connectivity index (χ0v) is 10.9. The largest absolute Gasteiger partial charge is 0.323 e. The minimum absolute atomic E-state index is 0.305. The molecule has 0 amide bonds. The van der Waals surface area contributed by atoms with Crippen LogP contribution in [0.2, 0.25) is 10.3 Å². The Balaban J connectivity index is 2.11. The van der Waals surface area contributed by atoms with Crippen molar-refractivity contribution in [2.45, 2.75) is 17.3 Å². The highest BCUT2D eigenvalue weighted by Gasteiger charge is 2.11. The molecule has 0 aliphatic carbocycles. The van der Waals surface area contributed by atoms with Crippen LogP contribution in [0.3, 0.4) is 0 Å². The Hall–Kier alpha value is -0.640. The molecule has 1 N–H and O–H groups in total. The molecule has 2 rings (SSSR count). The smallest absolute Gasteiger partial charge is 0.168 e. The molecule has 0 aliphatic heterocycles. The fourth-order valence-electron chi connectivity index (χ4n) is 1.33. The minimum Gasteiger partial charge on any atom is -0.323 e. The quantitative estimate of drug-likeness (QED) is 0.830. The molecule has 0 spiro atoms. The SMILES string of the molecule is CC(Sc1nc(Cl)c(Cl)[nH]1)c1ccccc1. The fourth-order valence-corrected chi connectivity index (χ4v) is 2.63. The van der Waals surface area contributed by atoms with Gasteiger partial charge in [0.25, 0.3) is 0 Å². The first-order chi connectivity index (χ1) is 7.66. The number of benzene rings is 1. The van der Waals surface area contributed by atoms with E-state index in [0.29, 0.717) is 15.6 Å². The van der Waals surface area contributed by atoms with Gasteiger partial charge in [-0.05, 0) is 12.5 Å². The number of nitrogens with zero attached hydrogens (tertiary/aromatic N) is 1. The summed E-state index contributed by atoms with van der Waals surface area (Å²) in [5.74, 6) is 0. The van der Waals surface area contributed by atoms with Crippen LogP contribution in [0.5, 0.6) is 0 Å². The predicted molar refractivity (Wildman–Crippen MR) is 69.3 cm³/mol. The number of nitrogens with one attached hydrogen (secondary N) is 1. The molecule has 0 radical (unpaired) electrons. The molecule has 1 aromatic carbocycles. The average Bonchev–Trinajstić information content (AvgIpc) is 2.59. The molecule has 1 aromatic heterocycles. The van der Waals surface area contributed by atoms with Crippen molar-refractivity contribution < 1.29 is 0 Å². The summed E-state index contributed by atoms with van der Waals surface area (Å²) in [6.07, 6.45) is 0. The number of H-pyrrole nitrogens is 1. The number of hydrogen-bond donors (Lipinski definition) is 1. The van der Waals surface area contributed by atoms with Gasteiger partial charge in [0.1, 0.15) is 5.15 Å². The lowest BCUT2D eigenvalue weighted by molar-refractivity contribution is 1.02. The molecule has 5 heteroatoms. The van der Waals surface area contributed by atoms with Gasteiger partial charge in [0, 0.05) is 5.25 Å². The third-order valence-corrected chi connectivity index (χ3v) is 3.84. The van der Waals surface area contributed by atoms with Crippen LogP contribution in [0.15, 0.2) is 35.5 Å². The Morgan fingerprint density at radius 1 is 1.25 bits per heavy atom. The number of thioether (sulfide) groups is 1. The van der Waals surface area contributed by atoms with Gasteiger partial charge in [-0.3, -0.25) is 0 Å². The van der Waals surface area contributed by atoms with Crippen LogP contribution < -0.4 is 0 Å². The summed E-state index contributed by atoms with van der Waals surface area (Å²) in [5, 5.41) is 1.76. The van der Waals surface area contributed by atoms with Gasteiger partial charge in [0.2, 0.25) is 0 Å². The zero-order chi connectivity index (χ0) is 11.5.